The number of nitrogens with one attached hydrogen (secondary N) is 1. The van der Waals surface area contributed by atoms with E-state index in [4.69, 9.17) is 0 Å². The zero-order chi connectivity index (χ0) is 8.36. The SMILES string of the molecule is C[Si](C)(C)NC(=O)C(F)F. The van der Waals surface area contributed by atoms with Gasteiger partial charge in [-0.2, -0.15) is 8.78 Å². The van der Waals surface area contributed by atoms with Crippen LogP contribution in [-0.4, -0.2) is 20.6 Å². The van der Waals surface area contributed by atoms with Crippen molar-refractivity contribution in [2.75, 3.05) is 0 Å². The molecular formula is C5H11F2NOSi. The van der Waals surface area contributed by atoms with E-state index in [1.54, 1.807) is 19.6 Å². The van der Waals surface area contributed by atoms with Crippen molar-refractivity contribution in [3.8, 4) is 0 Å². The molecule has 0 aliphatic carbocycles. The molecule has 0 aliphatic rings. The molecule has 0 spiro atoms. The van der Waals surface area contributed by atoms with Gasteiger partial charge in [-0.1, -0.05) is 19.6 Å². The summed E-state index contributed by atoms with van der Waals surface area (Å²) in [5.74, 6) is -1.15. The van der Waals surface area contributed by atoms with Gasteiger partial charge in [-0.15, -0.1) is 0 Å². The predicted molar refractivity (Wildman–Crippen MR) is 37.5 cm³/mol. The first-order valence-corrected chi connectivity index (χ1v) is 6.43. The fraction of sp³-hybridized carbons (Fsp3) is 0.800. The van der Waals surface area contributed by atoms with Crippen molar-refractivity contribution in [3.63, 3.8) is 0 Å². The van der Waals surface area contributed by atoms with Crippen LogP contribution in [0.25, 0.3) is 0 Å². The normalized spacial score (nSPS) is 11.8. The molecule has 0 bridgehead atoms. The lowest BCUT2D eigenvalue weighted by molar-refractivity contribution is -0.130. The third kappa shape index (κ3) is 4.43. The largest absolute Gasteiger partial charge is 0.377 e. The molecule has 60 valence electrons. The Balaban J connectivity index is 3.81. The quantitative estimate of drug-likeness (QED) is 0.615. The third-order valence-electron chi connectivity index (χ3n) is 0.696. The maximum absolute atomic E-state index is 11.6. The first kappa shape index (κ1) is 9.55. The van der Waals surface area contributed by atoms with Crippen LogP contribution in [0, 0.1) is 0 Å². The molecule has 0 rings (SSSR count). The molecule has 0 heterocycles. The first-order chi connectivity index (χ1) is 4.33. The lowest BCUT2D eigenvalue weighted by atomic mass is 10.7. The van der Waals surface area contributed by atoms with E-state index in [0.717, 1.165) is 0 Å². The van der Waals surface area contributed by atoms with Crippen molar-refractivity contribution in [2.24, 2.45) is 0 Å². The van der Waals surface area contributed by atoms with Gasteiger partial charge in [0.2, 0.25) is 0 Å². The summed E-state index contributed by atoms with van der Waals surface area (Å²) in [6, 6.07) is 0. The van der Waals surface area contributed by atoms with Crippen molar-refractivity contribution < 1.29 is 13.6 Å². The highest BCUT2D eigenvalue weighted by Gasteiger charge is 2.22. The van der Waals surface area contributed by atoms with Crippen molar-refractivity contribution in [3.05, 3.63) is 0 Å². The number of carbonyl (C=O) groups excluding carboxylic acids is 1. The Kier molecular flexibility index (Phi) is 2.95. The van der Waals surface area contributed by atoms with E-state index in [-0.39, 0.29) is 0 Å². The van der Waals surface area contributed by atoms with Gasteiger partial charge in [-0.3, -0.25) is 4.79 Å². The number of halogens is 2. The van der Waals surface area contributed by atoms with Crippen LogP contribution in [0.15, 0.2) is 0 Å². The van der Waals surface area contributed by atoms with Crippen LogP contribution in [0.4, 0.5) is 8.78 Å². The summed E-state index contributed by atoms with van der Waals surface area (Å²) in [6.07, 6.45) is -2.88. The average Bonchev–Trinajstić information content (AvgIpc) is 1.60. The summed E-state index contributed by atoms with van der Waals surface area (Å²) < 4.78 is 23.1. The lowest BCUT2D eigenvalue weighted by Gasteiger charge is -2.16. The highest BCUT2D eigenvalue weighted by Crippen LogP contribution is 1.98. The zero-order valence-corrected chi connectivity index (χ0v) is 7.24. The summed E-state index contributed by atoms with van der Waals surface area (Å²) in [4.78, 5) is 12.6. The van der Waals surface area contributed by atoms with E-state index in [1.807, 2.05) is 0 Å². The van der Waals surface area contributed by atoms with Crippen LogP contribution in [0.5, 0.6) is 0 Å². The molecule has 0 aromatic heterocycles. The number of alkyl halides is 2. The number of rotatable bonds is 2. The maximum atomic E-state index is 11.6. The number of hydrogen-bond donors (Lipinski definition) is 1. The van der Waals surface area contributed by atoms with Crippen LogP contribution in [0.2, 0.25) is 19.6 Å². The van der Waals surface area contributed by atoms with E-state index in [1.165, 1.54) is 0 Å². The van der Waals surface area contributed by atoms with Gasteiger partial charge >= 0.3 is 6.43 Å². The summed E-state index contributed by atoms with van der Waals surface area (Å²) in [7, 11) is -1.86. The monoisotopic (exact) mass is 167 g/mol. The lowest BCUT2D eigenvalue weighted by Crippen LogP contribution is -2.47. The van der Waals surface area contributed by atoms with Gasteiger partial charge in [0.25, 0.3) is 5.91 Å². The minimum Gasteiger partial charge on any atom is -0.377 e. The third-order valence-corrected chi connectivity index (χ3v) is 1.69. The number of carbonyl (C=O) groups is 1. The second-order valence-corrected chi connectivity index (χ2v) is 7.79. The van der Waals surface area contributed by atoms with Crippen LogP contribution in [0.1, 0.15) is 0 Å². The molecule has 0 fully saturated rings. The molecule has 0 radical (unpaired) electrons. The maximum Gasteiger partial charge on any atom is 0.314 e. The minimum atomic E-state index is -2.88. The number of amides is 1. The standard InChI is InChI=1S/C5H11F2NOSi/c1-10(2,3)8-5(9)4(6)7/h4H,1-3H3,(H,8,9). The van der Waals surface area contributed by atoms with Crippen molar-refractivity contribution >= 4 is 14.1 Å². The topological polar surface area (TPSA) is 29.1 Å². The molecule has 0 aliphatic heterocycles. The Hall–Kier alpha value is -0.453. The van der Waals surface area contributed by atoms with Gasteiger partial charge in [0.1, 0.15) is 8.24 Å². The smallest absolute Gasteiger partial charge is 0.314 e. The molecule has 0 aromatic carbocycles. The van der Waals surface area contributed by atoms with Gasteiger partial charge in [-0.25, -0.2) is 0 Å². The number of hydrogen-bond acceptors (Lipinski definition) is 1. The molecule has 2 nitrogen and oxygen atoms in total. The Bertz CT molecular complexity index is 132. The highest BCUT2D eigenvalue weighted by atomic mass is 28.3. The molecule has 5 heteroatoms. The molecule has 0 aromatic rings. The fourth-order valence-corrected chi connectivity index (χ4v) is 1.27. The van der Waals surface area contributed by atoms with E-state index in [9.17, 15) is 13.6 Å². The summed E-state index contributed by atoms with van der Waals surface area (Å²) in [6.45, 7) is 5.36. The van der Waals surface area contributed by atoms with Crippen molar-refractivity contribution in [2.45, 2.75) is 26.1 Å². The second-order valence-electron chi connectivity index (χ2n) is 3.04. The van der Waals surface area contributed by atoms with Crippen molar-refractivity contribution in [1.82, 2.24) is 4.98 Å². The van der Waals surface area contributed by atoms with Gasteiger partial charge in [-0.05, 0) is 0 Å². The molecule has 10 heavy (non-hydrogen) atoms. The summed E-state index contributed by atoms with van der Waals surface area (Å²) >= 11 is 0. The molecule has 1 amide bonds. The van der Waals surface area contributed by atoms with E-state index < -0.39 is 20.6 Å². The zero-order valence-electron chi connectivity index (χ0n) is 6.24. The average molecular weight is 167 g/mol. The molecule has 0 atom stereocenters. The Morgan fingerprint density at radius 2 is 1.80 bits per heavy atom. The van der Waals surface area contributed by atoms with Crippen LogP contribution in [-0.2, 0) is 4.79 Å². The Labute approximate surface area is 59.7 Å². The summed E-state index contributed by atoms with van der Waals surface area (Å²) in [5, 5.41) is 0. The van der Waals surface area contributed by atoms with Gasteiger partial charge in [0.15, 0.2) is 0 Å². The fourth-order valence-electron chi connectivity index (χ4n) is 0.424. The predicted octanol–water partition coefficient (Wildman–Crippen LogP) is 1.20. The molecule has 0 saturated heterocycles. The Morgan fingerprint density at radius 3 is 1.90 bits per heavy atom. The van der Waals surface area contributed by atoms with Crippen LogP contribution < -0.4 is 4.98 Å². The van der Waals surface area contributed by atoms with Crippen LogP contribution in [0.3, 0.4) is 0 Å². The van der Waals surface area contributed by atoms with Gasteiger partial charge in [0, 0.05) is 0 Å². The molecule has 1 N–H and O–H groups in total. The molecule has 0 unspecified atom stereocenters. The second kappa shape index (κ2) is 3.09. The van der Waals surface area contributed by atoms with Crippen LogP contribution >= 0.6 is 0 Å². The Morgan fingerprint density at radius 1 is 1.40 bits per heavy atom. The minimum absolute atomic E-state index is 1.15. The van der Waals surface area contributed by atoms with E-state index in [0.29, 0.717) is 0 Å². The highest BCUT2D eigenvalue weighted by molar-refractivity contribution is 6.75. The molecule has 0 saturated carbocycles. The van der Waals surface area contributed by atoms with E-state index in [2.05, 4.69) is 4.98 Å². The van der Waals surface area contributed by atoms with Gasteiger partial charge in [0.05, 0.1) is 0 Å². The van der Waals surface area contributed by atoms with Gasteiger partial charge < -0.3 is 4.98 Å². The first-order valence-electron chi connectivity index (χ1n) is 2.93. The van der Waals surface area contributed by atoms with Crippen molar-refractivity contribution in [1.29, 1.82) is 0 Å². The van der Waals surface area contributed by atoms with E-state index >= 15 is 0 Å². The molecular weight excluding hydrogens is 156 g/mol. The summed E-state index contributed by atoms with van der Waals surface area (Å²) in [5.41, 5.74) is 0.